The minimum Gasteiger partial charge on any atom is -0.475 e. The summed E-state index contributed by atoms with van der Waals surface area (Å²) in [5, 5.41) is 8.86. The van der Waals surface area contributed by atoms with E-state index in [0.29, 0.717) is 5.92 Å². The molecular formula is C14H16N2O2. The van der Waals surface area contributed by atoms with Gasteiger partial charge in [0.1, 0.15) is 0 Å². The van der Waals surface area contributed by atoms with Crippen LogP contribution >= 0.6 is 0 Å². The number of carboxylic acid groups (broad SMARTS) is 1. The number of H-pyrrole nitrogens is 1. The van der Waals surface area contributed by atoms with Gasteiger partial charge < -0.3 is 10.1 Å². The van der Waals surface area contributed by atoms with E-state index in [1.165, 1.54) is 5.56 Å². The monoisotopic (exact) mass is 244 g/mol. The Bertz CT molecular complexity index is 585. The minimum atomic E-state index is -1.04. The molecule has 18 heavy (non-hydrogen) atoms. The van der Waals surface area contributed by atoms with E-state index < -0.39 is 5.97 Å². The van der Waals surface area contributed by atoms with Crippen molar-refractivity contribution in [3.63, 3.8) is 0 Å². The van der Waals surface area contributed by atoms with Gasteiger partial charge in [0, 0.05) is 5.56 Å². The van der Waals surface area contributed by atoms with Gasteiger partial charge in [-0.1, -0.05) is 26.0 Å². The molecule has 2 rings (SSSR count). The largest absolute Gasteiger partial charge is 0.475 e. The van der Waals surface area contributed by atoms with Crippen LogP contribution in [0.5, 0.6) is 0 Å². The molecule has 0 aliphatic rings. The summed E-state index contributed by atoms with van der Waals surface area (Å²) in [6.07, 6.45) is 1.57. The smallest absolute Gasteiger partial charge is 0.371 e. The van der Waals surface area contributed by atoms with Gasteiger partial charge in [-0.15, -0.1) is 0 Å². The molecule has 1 heterocycles. The zero-order chi connectivity index (χ0) is 13.3. The molecule has 0 aliphatic heterocycles. The number of hydrogen-bond acceptors (Lipinski definition) is 2. The molecule has 0 amide bonds. The molecule has 94 valence electrons. The number of carbonyl (C=O) groups is 1. The van der Waals surface area contributed by atoms with E-state index in [-0.39, 0.29) is 5.82 Å². The van der Waals surface area contributed by atoms with Gasteiger partial charge in [0.2, 0.25) is 5.82 Å². The van der Waals surface area contributed by atoms with E-state index in [1.54, 1.807) is 6.20 Å². The van der Waals surface area contributed by atoms with Crippen LogP contribution in [0.15, 0.2) is 24.4 Å². The topological polar surface area (TPSA) is 66.0 Å². The fourth-order valence-corrected chi connectivity index (χ4v) is 1.86. The Morgan fingerprint density at radius 1 is 1.39 bits per heavy atom. The second kappa shape index (κ2) is 4.64. The van der Waals surface area contributed by atoms with Crippen molar-refractivity contribution >= 4 is 5.97 Å². The maximum Gasteiger partial charge on any atom is 0.371 e. The lowest BCUT2D eigenvalue weighted by atomic mass is 9.97. The van der Waals surface area contributed by atoms with E-state index in [2.05, 4.69) is 35.9 Å². The van der Waals surface area contributed by atoms with Crippen molar-refractivity contribution in [3.8, 4) is 11.3 Å². The maximum atomic E-state index is 10.8. The highest BCUT2D eigenvalue weighted by Crippen LogP contribution is 2.26. The zero-order valence-corrected chi connectivity index (χ0v) is 10.7. The summed E-state index contributed by atoms with van der Waals surface area (Å²) >= 11 is 0. The number of aryl methyl sites for hydroxylation is 1. The summed E-state index contributed by atoms with van der Waals surface area (Å²) < 4.78 is 0. The second-order valence-corrected chi connectivity index (χ2v) is 4.68. The Balaban J connectivity index is 2.48. The molecular weight excluding hydrogens is 228 g/mol. The van der Waals surface area contributed by atoms with Crippen molar-refractivity contribution in [2.75, 3.05) is 0 Å². The van der Waals surface area contributed by atoms with E-state index in [1.807, 2.05) is 13.0 Å². The highest BCUT2D eigenvalue weighted by Gasteiger charge is 2.11. The lowest BCUT2D eigenvalue weighted by Gasteiger charge is -2.09. The zero-order valence-electron chi connectivity index (χ0n) is 10.7. The Hall–Kier alpha value is -2.10. The number of hydrogen-bond donors (Lipinski definition) is 2. The van der Waals surface area contributed by atoms with Crippen molar-refractivity contribution in [1.29, 1.82) is 0 Å². The van der Waals surface area contributed by atoms with Gasteiger partial charge in [0.25, 0.3) is 0 Å². The molecule has 4 heteroatoms. The first-order valence-electron chi connectivity index (χ1n) is 5.88. The fraction of sp³-hybridized carbons (Fsp3) is 0.286. The molecule has 1 aromatic heterocycles. The van der Waals surface area contributed by atoms with Crippen molar-refractivity contribution in [1.82, 2.24) is 9.97 Å². The van der Waals surface area contributed by atoms with E-state index in [0.717, 1.165) is 16.8 Å². The van der Waals surface area contributed by atoms with Crippen molar-refractivity contribution in [3.05, 3.63) is 41.3 Å². The number of imidazole rings is 1. The minimum absolute atomic E-state index is 0.0284. The van der Waals surface area contributed by atoms with E-state index >= 15 is 0 Å². The predicted octanol–water partition coefficient (Wildman–Crippen LogP) is 3.21. The Kier molecular flexibility index (Phi) is 3.19. The summed E-state index contributed by atoms with van der Waals surface area (Å²) in [6.45, 7) is 6.26. The molecule has 0 unspecified atom stereocenters. The number of aromatic carboxylic acids is 1. The van der Waals surface area contributed by atoms with Crippen LogP contribution in [-0.2, 0) is 0 Å². The average Bonchev–Trinajstić information content (AvgIpc) is 2.78. The molecule has 0 fully saturated rings. The molecule has 0 aliphatic carbocycles. The number of nitrogens with zero attached hydrogens (tertiary/aromatic N) is 1. The van der Waals surface area contributed by atoms with Crippen LogP contribution in [0.2, 0.25) is 0 Å². The average molecular weight is 244 g/mol. The van der Waals surface area contributed by atoms with Gasteiger partial charge in [0.05, 0.1) is 11.9 Å². The summed E-state index contributed by atoms with van der Waals surface area (Å²) in [5.41, 5.74) is 4.07. The van der Waals surface area contributed by atoms with Crippen LogP contribution in [0.3, 0.4) is 0 Å². The number of rotatable bonds is 3. The van der Waals surface area contributed by atoms with Gasteiger partial charge >= 0.3 is 5.97 Å². The summed E-state index contributed by atoms with van der Waals surface area (Å²) in [6, 6.07) is 6.23. The lowest BCUT2D eigenvalue weighted by Crippen LogP contribution is -1.98. The third-order valence-corrected chi connectivity index (χ3v) is 3.00. The number of benzene rings is 1. The first-order chi connectivity index (χ1) is 8.49. The van der Waals surface area contributed by atoms with E-state index in [4.69, 9.17) is 5.11 Å². The quantitative estimate of drug-likeness (QED) is 0.871. The molecule has 0 bridgehead atoms. The predicted molar refractivity (Wildman–Crippen MR) is 69.8 cm³/mol. The molecule has 2 aromatic rings. The Morgan fingerprint density at radius 3 is 2.67 bits per heavy atom. The summed E-state index contributed by atoms with van der Waals surface area (Å²) in [7, 11) is 0. The first-order valence-corrected chi connectivity index (χ1v) is 5.88. The van der Waals surface area contributed by atoms with Gasteiger partial charge in [-0.2, -0.15) is 0 Å². The first kappa shape index (κ1) is 12.4. The van der Waals surface area contributed by atoms with Gasteiger partial charge in [-0.05, 0) is 30.0 Å². The highest BCUT2D eigenvalue weighted by atomic mass is 16.4. The molecule has 4 nitrogen and oxygen atoms in total. The third-order valence-electron chi connectivity index (χ3n) is 3.00. The fourth-order valence-electron chi connectivity index (χ4n) is 1.86. The van der Waals surface area contributed by atoms with Crippen LogP contribution in [0.1, 0.15) is 41.5 Å². The van der Waals surface area contributed by atoms with E-state index in [9.17, 15) is 4.79 Å². The third kappa shape index (κ3) is 2.27. The molecule has 0 radical (unpaired) electrons. The maximum absolute atomic E-state index is 10.8. The SMILES string of the molecule is Cc1ccc(C(C)C)cc1-c1cnc(C(=O)O)[nH]1. The molecule has 0 spiro atoms. The molecule has 0 saturated heterocycles. The highest BCUT2D eigenvalue weighted by molar-refractivity contribution is 5.84. The van der Waals surface area contributed by atoms with Crippen LogP contribution in [-0.4, -0.2) is 21.0 Å². The van der Waals surface area contributed by atoms with Crippen LogP contribution in [0.4, 0.5) is 0 Å². The number of nitrogens with one attached hydrogen (secondary N) is 1. The Labute approximate surface area is 106 Å². The molecule has 1 aromatic carbocycles. The normalized spacial score (nSPS) is 10.9. The van der Waals surface area contributed by atoms with Gasteiger partial charge in [-0.25, -0.2) is 9.78 Å². The second-order valence-electron chi connectivity index (χ2n) is 4.68. The summed E-state index contributed by atoms with van der Waals surface area (Å²) in [4.78, 5) is 17.5. The van der Waals surface area contributed by atoms with Crippen LogP contribution in [0.25, 0.3) is 11.3 Å². The Morgan fingerprint density at radius 2 is 2.11 bits per heavy atom. The number of carboxylic acids is 1. The standard InChI is InChI=1S/C14H16N2O2/c1-8(2)10-5-4-9(3)11(6-10)12-7-15-13(16-12)14(17)18/h4-8H,1-3H3,(H,15,16)(H,17,18). The van der Waals surface area contributed by atoms with Crippen LogP contribution < -0.4 is 0 Å². The lowest BCUT2D eigenvalue weighted by molar-refractivity contribution is 0.0685. The summed E-state index contributed by atoms with van der Waals surface area (Å²) in [5.74, 6) is -0.635. The van der Waals surface area contributed by atoms with Crippen molar-refractivity contribution in [2.45, 2.75) is 26.7 Å². The number of aromatic amines is 1. The van der Waals surface area contributed by atoms with Crippen molar-refractivity contribution in [2.24, 2.45) is 0 Å². The molecule has 0 atom stereocenters. The van der Waals surface area contributed by atoms with Crippen molar-refractivity contribution < 1.29 is 9.90 Å². The number of aromatic nitrogens is 2. The van der Waals surface area contributed by atoms with Gasteiger partial charge in [0.15, 0.2) is 0 Å². The van der Waals surface area contributed by atoms with Gasteiger partial charge in [-0.3, -0.25) is 0 Å². The molecule has 0 saturated carbocycles. The molecule has 2 N–H and O–H groups in total. The van der Waals surface area contributed by atoms with Crippen LogP contribution in [0, 0.1) is 6.92 Å².